The number of carbonyl (C=O) groups excluding carboxylic acids is 2. The topological polar surface area (TPSA) is 37.4 Å². The van der Waals surface area contributed by atoms with E-state index in [9.17, 15) is 9.59 Å². The van der Waals surface area contributed by atoms with Crippen molar-refractivity contribution in [3.05, 3.63) is 7.43 Å². The zero-order valence-electron chi connectivity index (χ0n) is 18.1. The fourth-order valence-corrected chi connectivity index (χ4v) is 4.28. The standard InChI is InChI=1S/C20H36NO2.CH4.CH3.Y/c1-10-20(9,11-19(7,8)12-22)18(23)21-16(5)14(3)13(2)15(4)17(21)6;;;/h13-17H,10-11H2,1-9H3;1H4;1H3;/q-1;;-1;. The van der Waals surface area contributed by atoms with Gasteiger partial charge in [-0.15, -0.1) is 5.41 Å². The SMILES string of the molecule is C.CCC(C)(CC(C)(C)[C-]=O)C(=O)N1C(C)C(C)C(C)C(C)C1C.[CH3-].[Y]. The summed E-state index contributed by atoms with van der Waals surface area (Å²) in [6, 6.07) is 0.468. The first-order valence-corrected chi connectivity index (χ1v) is 9.14. The van der Waals surface area contributed by atoms with Crippen LogP contribution in [-0.2, 0) is 42.3 Å². The average Bonchev–Trinajstić information content (AvgIpc) is 2.50. The van der Waals surface area contributed by atoms with Crippen molar-refractivity contribution in [3.63, 3.8) is 0 Å². The number of hydrogen-bond acceptors (Lipinski definition) is 2. The van der Waals surface area contributed by atoms with E-state index in [1.54, 1.807) is 0 Å². The van der Waals surface area contributed by atoms with E-state index in [0.717, 1.165) is 6.42 Å². The van der Waals surface area contributed by atoms with Crippen molar-refractivity contribution < 1.29 is 42.3 Å². The molecule has 0 aromatic rings. The molecule has 0 aliphatic carbocycles. The van der Waals surface area contributed by atoms with Crippen LogP contribution in [0.1, 0.15) is 82.6 Å². The molecule has 0 N–H and O–H groups in total. The molecule has 1 rings (SSSR count). The number of rotatable bonds is 5. The molecule has 0 aromatic carbocycles. The third kappa shape index (κ3) is 6.13. The Hall–Kier alpha value is 0.244. The molecule has 5 unspecified atom stereocenters. The van der Waals surface area contributed by atoms with Crippen LogP contribution >= 0.6 is 0 Å². The van der Waals surface area contributed by atoms with Gasteiger partial charge < -0.3 is 17.1 Å². The second-order valence-electron chi connectivity index (χ2n) is 8.85. The molecule has 1 heterocycles. The van der Waals surface area contributed by atoms with Gasteiger partial charge in [-0.25, -0.2) is 0 Å². The van der Waals surface area contributed by atoms with E-state index in [-0.39, 0.29) is 65.6 Å². The molecule has 1 aliphatic heterocycles. The van der Waals surface area contributed by atoms with Crippen LogP contribution in [0.4, 0.5) is 0 Å². The Balaban J connectivity index is -0.00000176. The summed E-state index contributed by atoms with van der Waals surface area (Å²) in [7, 11) is 0. The number of hydrogen-bond donors (Lipinski definition) is 0. The predicted molar refractivity (Wildman–Crippen MR) is 109 cm³/mol. The maximum absolute atomic E-state index is 13.5. The Morgan fingerprint density at radius 3 is 1.65 bits per heavy atom. The Morgan fingerprint density at radius 1 is 0.962 bits per heavy atom. The minimum atomic E-state index is -0.590. The minimum absolute atomic E-state index is 0. The van der Waals surface area contributed by atoms with Gasteiger partial charge in [0.15, 0.2) is 0 Å². The molecule has 3 nitrogen and oxygen atoms in total. The molecule has 0 saturated carbocycles. The zero-order valence-corrected chi connectivity index (χ0v) is 21.0. The number of nitrogens with zero attached hydrogens (tertiary/aromatic N) is 1. The van der Waals surface area contributed by atoms with Gasteiger partial charge in [0.1, 0.15) is 0 Å². The number of amides is 1. The summed E-state index contributed by atoms with van der Waals surface area (Å²) in [6.45, 7) is 19.0. The van der Waals surface area contributed by atoms with Crippen LogP contribution in [0.2, 0.25) is 0 Å². The van der Waals surface area contributed by atoms with Gasteiger partial charge in [0.05, 0.1) is 0 Å². The Labute approximate surface area is 189 Å². The van der Waals surface area contributed by atoms with Crippen LogP contribution in [-0.4, -0.2) is 29.2 Å². The van der Waals surface area contributed by atoms with E-state index < -0.39 is 10.8 Å². The first-order chi connectivity index (χ1) is 10.4. The van der Waals surface area contributed by atoms with Crippen molar-refractivity contribution in [2.45, 2.75) is 94.7 Å². The monoisotopic (exact) mass is 442 g/mol. The van der Waals surface area contributed by atoms with Crippen LogP contribution in [0.5, 0.6) is 0 Å². The van der Waals surface area contributed by atoms with Crippen molar-refractivity contribution in [1.82, 2.24) is 4.90 Å². The van der Waals surface area contributed by atoms with Gasteiger partial charge in [0.25, 0.3) is 0 Å². The molecule has 1 fully saturated rings. The first-order valence-electron chi connectivity index (χ1n) is 9.14. The number of carbonyl (C=O) groups is 1. The first kappa shape index (κ1) is 31.0. The van der Waals surface area contributed by atoms with Gasteiger partial charge in [-0.3, -0.25) is 11.1 Å². The Kier molecular flexibility index (Phi) is 13.4. The Morgan fingerprint density at radius 2 is 1.35 bits per heavy atom. The molecule has 0 aromatic heterocycles. The zero-order chi connectivity index (χ0) is 18.2. The third-order valence-corrected chi connectivity index (χ3v) is 6.70. The average molecular weight is 442 g/mol. The molecule has 0 bridgehead atoms. The second-order valence-corrected chi connectivity index (χ2v) is 8.85. The fraction of sp³-hybridized carbons (Fsp3) is 0.864. The van der Waals surface area contributed by atoms with Gasteiger partial charge >= 0.3 is 0 Å². The van der Waals surface area contributed by atoms with Crippen molar-refractivity contribution in [3.8, 4) is 0 Å². The van der Waals surface area contributed by atoms with Gasteiger partial charge in [-0.1, -0.05) is 62.3 Å². The summed E-state index contributed by atoms with van der Waals surface area (Å²) in [5.74, 6) is 1.78. The largest absolute Gasteiger partial charge is 0.541 e. The van der Waals surface area contributed by atoms with Crippen molar-refractivity contribution in [2.24, 2.45) is 28.6 Å². The molecule has 26 heavy (non-hydrogen) atoms. The predicted octanol–water partition coefficient (Wildman–Crippen LogP) is 5.54. The van der Waals surface area contributed by atoms with Gasteiger partial charge in [-0.2, -0.15) is 0 Å². The van der Waals surface area contributed by atoms with Crippen LogP contribution in [0.15, 0.2) is 0 Å². The van der Waals surface area contributed by atoms with Gasteiger partial charge in [-0.05, 0) is 38.0 Å². The maximum Gasteiger partial charge on any atom is 0.228 e. The molecular weight excluding hydrogens is 399 g/mol. The molecule has 5 atom stereocenters. The molecule has 4 heteroatoms. The van der Waals surface area contributed by atoms with Gasteiger partial charge in [0.2, 0.25) is 5.91 Å². The summed E-state index contributed by atoms with van der Waals surface area (Å²) in [5, 5.41) is 0. The molecule has 1 amide bonds. The smallest absolute Gasteiger partial charge is 0.228 e. The minimum Gasteiger partial charge on any atom is -0.541 e. The molecule has 0 spiro atoms. The second kappa shape index (κ2) is 11.3. The molecule has 1 radical (unpaired) electrons. The number of piperidine rings is 1. The summed E-state index contributed by atoms with van der Waals surface area (Å²) >= 11 is 0. The van der Waals surface area contributed by atoms with E-state index >= 15 is 0 Å². The summed E-state index contributed by atoms with van der Waals surface area (Å²) < 4.78 is 0. The molecule has 1 aliphatic rings. The molecule has 1 saturated heterocycles. The summed E-state index contributed by atoms with van der Waals surface area (Å²) in [6.07, 6.45) is 3.41. The van der Waals surface area contributed by atoms with E-state index in [1.807, 2.05) is 27.7 Å². The quantitative estimate of drug-likeness (QED) is 0.524. The molecular formula is C22H43NO2Y-2. The third-order valence-electron chi connectivity index (χ3n) is 6.70. The van der Waals surface area contributed by atoms with Crippen LogP contribution in [0.25, 0.3) is 0 Å². The van der Waals surface area contributed by atoms with Crippen molar-refractivity contribution in [1.29, 1.82) is 0 Å². The Bertz CT molecular complexity index is 435. The molecule has 153 valence electrons. The van der Waals surface area contributed by atoms with E-state index in [2.05, 4.69) is 45.8 Å². The van der Waals surface area contributed by atoms with E-state index in [1.165, 1.54) is 0 Å². The van der Waals surface area contributed by atoms with E-state index in [4.69, 9.17) is 0 Å². The van der Waals surface area contributed by atoms with Crippen molar-refractivity contribution >= 4 is 12.2 Å². The summed E-state index contributed by atoms with van der Waals surface area (Å²) in [4.78, 5) is 26.8. The van der Waals surface area contributed by atoms with Crippen molar-refractivity contribution in [2.75, 3.05) is 0 Å². The van der Waals surface area contributed by atoms with E-state index in [0.29, 0.717) is 24.2 Å². The van der Waals surface area contributed by atoms with Crippen LogP contribution in [0, 0.1) is 36.0 Å². The fourth-order valence-electron chi connectivity index (χ4n) is 4.28. The summed E-state index contributed by atoms with van der Waals surface area (Å²) in [5.41, 5.74) is -1.10. The van der Waals surface area contributed by atoms with Crippen LogP contribution < -0.4 is 0 Å². The van der Waals surface area contributed by atoms with Crippen LogP contribution in [0.3, 0.4) is 0 Å². The van der Waals surface area contributed by atoms with Gasteiger partial charge in [0, 0.05) is 50.2 Å². The maximum atomic E-state index is 13.5. The number of likely N-dealkylation sites (tertiary alicyclic amines) is 1. The normalized spacial score (nSPS) is 30.8.